The Morgan fingerprint density at radius 2 is 1.81 bits per heavy atom. The predicted molar refractivity (Wildman–Crippen MR) is 147 cm³/mol. The molecule has 0 bridgehead atoms. The number of carbonyl (C=O) groups excluding carboxylic acids is 1. The van der Waals surface area contributed by atoms with Crippen LogP contribution < -0.4 is 14.8 Å². The molecule has 1 unspecified atom stereocenters. The smallest absolute Gasteiger partial charge is 0.424 e. The fourth-order valence-electron chi connectivity index (χ4n) is 4.80. The maximum absolute atomic E-state index is 14.6. The van der Waals surface area contributed by atoms with Crippen molar-refractivity contribution in [2.24, 2.45) is 0 Å². The standard InChI is InChI=1S/C29H24ClF5N4O4/c1-15-7-17-8-18(9-21(42-2)23(17)39-38-15)26(40)36-13-28(41,29(33,34)35)22-10-20-25(43-14-27(20,11-31)12-32)24(37-22)16-3-5-19(30)6-4-16/h3-10,41H,11-14H2,1-2H3,(H,36,40). The average Bonchev–Trinajstić information content (AvgIpc) is 3.37. The van der Waals surface area contributed by atoms with Gasteiger partial charge in [-0.25, -0.2) is 13.8 Å². The van der Waals surface area contributed by atoms with Crippen LogP contribution in [0.1, 0.15) is 27.3 Å². The van der Waals surface area contributed by atoms with Gasteiger partial charge in [0.15, 0.2) is 0 Å². The van der Waals surface area contributed by atoms with E-state index in [0.717, 1.165) is 6.07 Å². The maximum atomic E-state index is 14.6. The zero-order chi connectivity index (χ0) is 31.2. The van der Waals surface area contributed by atoms with E-state index in [1.54, 1.807) is 13.0 Å². The van der Waals surface area contributed by atoms with Crippen LogP contribution in [0, 0.1) is 6.92 Å². The molecule has 0 radical (unpaired) electrons. The van der Waals surface area contributed by atoms with E-state index in [-0.39, 0.29) is 33.9 Å². The molecule has 0 spiro atoms. The van der Waals surface area contributed by atoms with Crippen molar-refractivity contribution in [3.63, 3.8) is 0 Å². The van der Waals surface area contributed by atoms with Gasteiger partial charge in [-0.05, 0) is 43.3 Å². The number of benzene rings is 2. The number of nitrogens with one attached hydrogen (secondary N) is 1. The Bertz CT molecular complexity index is 1700. The van der Waals surface area contributed by atoms with E-state index in [4.69, 9.17) is 21.1 Å². The monoisotopic (exact) mass is 622 g/mol. The van der Waals surface area contributed by atoms with Crippen LogP contribution in [-0.2, 0) is 11.0 Å². The van der Waals surface area contributed by atoms with Gasteiger partial charge in [-0.15, -0.1) is 5.10 Å². The van der Waals surface area contributed by atoms with E-state index >= 15 is 0 Å². The van der Waals surface area contributed by atoms with Crippen LogP contribution in [0.2, 0.25) is 5.02 Å². The SMILES string of the molecule is COc1cc(C(=O)NCC(O)(c2cc3c(c(-c4ccc(Cl)cc4)n2)OCC3(CF)CF)C(F)(F)F)cc2cc(C)nnc12. The van der Waals surface area contributed by atoms with Gasteiger partial charge >= 0.3 is 6.18 Å². The van der Waals surface area contributed by atoms with Gasteiger partial charge in [0.2, 0.25) is 5.60 Å². The molecular formula is C29H24ClF5N4O4. The van der Waals surface area contributed by atoms with Crippen LogP contribution >= 0.6 is 11.6 Å². The van der Waals surface area contributed by atoms with Crippen molar-refractivity contribution < 1.29 is 41.3 Å². The van der Waals surface area contributed by atoms with Crippen LogP contribution in [0.4, 0.5) is 22.0 Å². The molecule has 3 heterocycles. The Morgan fingerprint density at radius 3 is 2.44 bits per heavy atom. The maximum Gasteiger partial charge on any atom is 0.424 e. The van der Waals surface area contributed by atoms with Gasteiger partial charge in [0, 0.05) is 27.1 Å². The first-order valence-electron chi connectivity index (χ1n) is 12.8. The second kappa shape index (κ2) is 11.2. The van der Waals surface area contributed by atoms with E-state index in [2.05, 4.69) is 20.5 Å². The van der Waals surface area contributed by atoms with E-state index < -0.39 is 55.3 Å². The fourth-order valence-corrected chi connectivity index (χ4v) is 4.92. The zero-order valence-corrected chi connectivity index (χ0v) is 23.5. The lowest BCUT2D eigenvalue weighted by Crippen LogP contribution is -2.51. The number of aromatic nitrogens is 3. The molecule has 1 amide bonds. The Labute approximate surface area is 246 Å². The molecule has 2 aromatic heterocycles. The first kappa shape index (κ1) is 30.4. The number of ether oxygens (including phenoxy) is 2. The largest absolute Gasteiger partial charge is 0.494 e. The minimum atomic E-state index is -5.39. The number of halogens is 6. The number of hydrogen-bond donors (Lipinski definition) is 2. The number of methoxy groups -OCH3 is 1. The Hall–Kier alpha value is -4.10. The molecule has 43 heavy (non-hydrogen) atoms. The molecule has 0 fully saturated rings. The van der Waals surface area contributed by atoms with Crippen LogP contribution in [0.15, 0.2) is 48.5 Å². The average molecular weight is 623 g/mol. The molecule has 1 aliphatic heterocycles. The summed E-state index contributed by atoms with van der Waals surface area (Å²) in [6, 6.07) is 10.8. The summed E-state index contributed by atoms with van der Waals surface area (Å²) < 4.78 is 83.1. The Balaban J connectivity index is 1.58. The van der Waals surface area contributed by atoms with Gasteiger partial charge in [0.05, 0.1) is 30.5 Å². The quantitative estimate of drug-likeness (QED) is 0.253. The van der Waals surface area contributed by atoms with E-state index in [0.29, 0.717) is 21.6 Å². The van der Waals surface area contributed by atoms with Gasteiger partial charge in [-0.3, -0.25) is 4.79 Å². The molecule has 14 heteroatoms. The fraction of sp³-hybridized carbons (Fsp3) is 0.310. The molecular weight excluding hydrogens is 599 g/mol. The second-order valence-electron chi connectivity index (χ2n) is 10.2. The van der Waals surface area contributed by atoms with Gasteiger partial charge in [-0.2, -0.15) is 18.3 Å². The highest BCUT2D eigenvalue weighted by Gasteiger charge is 2.57. The molecule has 4 aromatic rings. The molecule has 2 aromatic carbocycles. The van der Waals surface area contributed by atoms with Gasteiger partial charge in [0.25, 0.3) is 5.91 Å². The van der Waals surface area contributed by atoms with E-state index in [1.807, 2.05) is 0 Å². The molecule has 0 saturated heterocycles. The highest BCUT2D eigenvalue weighted by molar-refractivity contribution is 6.30. The molecule has 226 valence electrons. The first-order valence-corrected chi connectivity index (χ1v) is 13.2. The number of pyridine rings is 1. The number of fused-ring (bicyclic) bond motifs is 2. The summed E-state index contributed by atoms with van der Waals surface area (Å²) in [4.78, 5) is 17.2. The lowest BCUT2D eigenvalue weighted by atomic mass is 9.82. The molecule has 1 aliphatic rings. The summed E-state index contributed by atoms with van der Waals surface area (Å²) in [5, 5.41) is 22.1. The summed E-state index contributed by atoms with van der Waals surface area (Å²) in [5.74, 6) is -0.930. The summed E-state index contributed by atoms with van der Waals surface area (Å²) in [6.07, 6.45) is -5.39. The number of amides is 1. The van der Waals surface area contributed by atoms with Crippen molar-refractivity contribution >= 4 is 28.4 Å². The van der Waals surface area contributed by atoms with Crippen molar-refractivity contribution in [2.75, 3.05) is 33.6 Å². The topological polar surface area (TPSA) is 106 Å². The number of rotatable bonds is 8. The number of nitrogens with zero attached hydrogens (tertiary/aromatic N) is 3. The highest BCUT2D eigenvalue weighted by atomic mass is 35.5. The second-order valence-corrected chi connectivity index (χ2v) is 10.7. The molecule has 2 N–H and O–H groups in total. The number of aliphatic hydroxyl groups is 1. The van der Waals surface area contributed by atoms with Crippen LogP contribution in [0.25, 0.3) is 22.2 Å². The molecule has 0 aliphatic carbocycles. The third kappa shape index (κ3) is 5.31. The molecule has 1 atom stereocenters. The molecule has 5 rings (SSSR count). The Kier molecular flexibility index (Phi) is 7.90. The minimum absolute atomic E-state index is 0.0766. The predicted octanol–water partition coefficient (Wildman–Crippen LogP) is 5.41. The third-order valence-electron chi connectivity index (χ3n) is 7.32. The zero-order valence-electron chi connectivity index (χ0n) is 22.7. The number of alkyl halides is 5. The van der Waals surface area contributed by atoms with Crippen molar-refractivity contribution in [3.8, 4) is 22.8 Å². The number of hydrogen-bond acceptors (Lipinski definition) is 7. The van der Waals surface area contributed by atoms with Gasteiger partial charge in [0.1, 0.15) is 42.7 Å². The van der Waals surface area contributed by atoms with Gasteiger partial charge in [-0.1, -0.05) is 23.7 Å². The van der Waals surface area contributed by atoms with E-state index in [1.165, 1.54) is 43.5 Å². The Morgan fingerprint density at radius 1 is 1.12 bits per heavy atom. The number of aryl methyl sites for hydroxylation is 1. The lowest BCUT2D eigenvalue weighted by Gasteiger charge is -2.31. The minimum Gasteiger partial charge on any atom is -0.494 e. The van der Waals surface area contributed by atoms with Crippen molar-refractivity contribution in [2.45, 2.75) is 24.1 Å². The summed E-state index contributed by atoms with van der Waals surface area (Å²) in [6.45, 7) is -2.77. The first-order chi connectivity index (χ1) is 20.4. The van der Waals surface area contributed by atoms with Crippen molar-refractivity contribution in [1.82, 2.24) is 20.5 Å². The third-order valence-corrected chi connectivity index (χ3v) is 7.57. The summed E-state index contributed by atoms with van der Waals surface area (Å²) in [5.41, 5.74) is -6.06. The normalized spacial score (nSPS) is 15.5. The van der Waals surface area contributed by atoms with Crippen molar-refractivity contribution in [3.05, 3.63) is 76.1 Å². The van der Waals surface area contributed by atoms with Crippen LogP contribution in [-0.4, -0.2) is 66.0 Å². The van der Waals surface area contributed by atoms with Crippen molar-refractivity contribution in [1.29, 1.82) is 0 Å². The highest BCUT2D eigenvalue weighted by Crippen LogP contribution is 2.48. The molecule has 8 nitrogen and oxygen atoms in total. The van der Waals surface area contributed by atoms with Crippen LogP contribution in [0.5, 0.6) is 11.5 Å². The van der Waals surface area contributed by atoms with E-state index in [9.17, 15) is 31.9 Å². The van der Waals surface area contributed by atoms with Crippen LogP contribution in [0.3, 0.4) is 0 Å². The summed E-state index contributed by atoms with van der Waals surface area (Å²) >= 11 is 5.96. The summed E-state index contributed by atoms with van der Waals surface area (Å²) in [7, 11) is 1.33. The lowest BCUT2D eigenvalue weighted by molar-refractivity contribution is -0.265. The van der Waals surface area contributed by atoms with Gasteiger partial charge < -0.3 is 19.9 Å². The number of carbonyl (C=O) groups is 1. The molecule has 0 saturated carbocycles.